The van der Waals surface area contributed by atoms with Crippen LogP contribution >= 0.6 is 0 Å². The first kappa shape index (κ1) is 20.2. The maximum atomic E-state index is 5.50. The van der Waals surface area contributed by atoms with Crippen molar-refractivity contribution in [1.29, 1.82) is 0 Å². The van der Waals surface area contributed by atoms with Crippen LogP contribution in [0.1, 0.15) is 43.2 Å². The Balaban J connectivity index is 1.37. The van der Waals surface area contributed by atoms with Crippen LogP contribution in [-0.2, 0) is 12.8 Å². The first-order valence-corrected chi connectivity index (χ1v) is 9.92. The average Bonchev–Trinajstić information content (AvgIpc) is 3.20. The summed E-state index contributed by atoms with van der Waals surface area (Å²) in [7, 11) is 5.04. The van der Waals surface area contributed by atoms with Crippen LogP contribution in [0.25, 0.3) is 0 Å². The molecule has 1 aliphatic rings. The molecule has 0 unspecified atom stereocenters. The third-order valence-electron chi connectivity index (χ3n) is 5.06. The molecular formula is C23H30O5. The Hall–Kier alpha value is -2.56. The van der Waals surface area contributed by atoms with Gasteiger partial charge in [-0.05, 0) is 61.1 Å². The molecule has 0 amide bonds. The molecule has 0 atom stereocenters. The summed E-state index contributed by atoms with van der Waals surface area (Å²) < 4.78 is 27.0. The van der Waals surface area contributed by atoms with Crippen molar-refractivity contribution in [3.8, 4) is 28.7 Å². The maximum absolute atomic E-state index is 5.50. The SMILES string of the molecule is COc1cc(CCCCCCCc2cc(OC)c3c(c2)OCO3)cc(OC)c1. The molecular weight excluding hydrogens is 356 g/mol. The van der Waals surface area contributed by atoms with Gasteiger partial charge < -0.3 is 23.7 Å². The summed E-state index contributed by atoms with van der Waals surface area (Å²) in [5.74, 6) is 3.99. The minimum Gasteiger partial charge on any atom is -0.497 e. The average molecular weight is 386 g/mol. The largest absolute Gasteiger partial charge is 0.497 e. The van der Waals surface area contributed by atoms with Gasteiger partial charge in [-0.3, -0.25) is 0 Å². The predicted octanol–water partition coefficient (Wildman–Crippen LogP) is 5.18. The van der Waals surface area contributed by atoms with E-state index in [1.165, 1.54) is 36.8 Å². The molecule has 2 aromatic carbocycles. The second kappa shape index (κ2) is 10.1. The fraction of sp³-hybridized carbons (Fsp3) is 0.478. The van der Waals surface area contributed by atoms with Crippen LogP contribution in [0, 0.1) is 0 Å². The Morgan fingerprint density at radius 2 is 1.29 bits per heavy atom. The lowest BCUT2D eigenvalue weighted by Crippen LogP contribution is -1.93. The highest BCUT2D eigenvalue weighted by molar-refractivity contribution is 5.55. The standard InChI is InChI=1S/C23H30O5/c1-24-19-11-17(12-20(15-19)25-2)9-7-5-4-6-8-10-18-13-21(26-3)23-22(14-18)27-16-28-23/h11-15H,4-10,16H2,1-3H3. The second-order valence-electron chi connectivity index (χ2n) is 7.02. The highest BCUT2D eigenvalue weighted by Gasteiger charge is 2.19. The van der Waals surface area contributed by atoms with E-state index in [4.69, 9.17) is 23.7 Å². The predicted molar refractivity (Wildman–Crippen MR) is 109 cm³/mol. The number of methoxy groups -OCH3 is 3. The number of unbranched alkanes of at least 4 members (excludes halogenated alkanes) is 4. The lowest BCUT2D eigenvalue weighted by atomic mass is 10.0. The van der Waals surface area contributed by atoms with E-state index >= 15 is 0 Å². The van der Waals surface area contributed by atoms with Gasteiger partial charge in [-0.15, -0.1) is 0 Å². The van der Waals surface area contributed by atoms with Crippen LogP contribution in [0.2, 0.25) is 0 Å². The number of aryl methyl sites for hydroxylation is 2. The molecule has 5 nitrogen and oxygen atoms in total. The van der Waals surface area contributed by atoms with E-state index in [0.717, 1.165) is 48.0 Å². The van der Waals surface area contributed by atoms with E-state index in [1.807, 2.05) is 6.07 Å². The van der Waals surface area contributed by atoms with Crippen molar-refractivity contribution in [2.75, 3.05) is 28.1 Å². The molecule has 152 valence electrons. The van der Waals surface area contributed by atoms with Gasteiger partial charge in [0.2, 0.25) is 12.5 Å². The van der Waals surface area contributed by atoms with E-state index in [1.54, 1.807) is 21.3 Å². The van der Waals surface area contributed by atoms with E-state index in [-0.39, 0.29) is 6.79 Å². The number of hydrogen-bond donors (Lipinski definition) is 0. The molecule has 0 aromatic heterocycles. The van der Waals surface area contributed by atoms with Gasteiger partial charge in [0.15, 0.2) is 11.5 Å². The monoisotopic (exact) mass is 386 g/mol. The van der Waals surface area contributed by atoms with Crippen molar-refractivity contribution in [1.82, 2.24) is 0 Å². The minimum absolute atomic E-state index is 0.272. The molecule has 0 aliphatic carbocycles. The molecule has 2 aromatic rings. The van der Waals surface area contributed by atoms with E-state index in [9.17, 15) is 0 Å². The van der Waals surface area contributed by atoms with E-state index in [2.05, 4.69) is 24.3 Å². The van der Waals surface area contributed by atoms with Crippen molar-refractivity contribution in [2.45, 2.75) is 44.9 Å². The van der Waals surface area contributed by atoms with Gasteiger partial charge >= 0.3 is 0 Å². The van der Waals surface area contributed by atoms with Crippen LogP contribution in [0.3, 0.4) is 0 Å². The molecule has 0 fully saturated rings. The Bertz CT molecular complexity index is 750. The van der Waals surface area contributed by atoms with Gasteiger partial charge in [-0.25, -0.2) is 0 Å². The van der Waals surface area contributed by atoms with Crippen molar-refractivity contribution in [3.63, 3.8) is 0 Å². The summed E-state index contributed by atoms with van der Waals surface area (Å²) >= 11 is 0. The molecule has 0 bridgehead atoms. The molecule has 0 saturated carbocycles. The van der Waals surface area contributed by atoms with Gasteiger partial charge in [-0.2, -0.15) is 0 Å². The summed E-state index contributed by atoms with van der Waals surface area (Å²) in [6, 6.07) is 10.2. The van der Waals surface area contributed by atoms with Gasteiger partial charge in [-0.1, -0.05) is 19.3 Å². The zero-order valence-electron chi connectivity index (χ0n) is 17.1. The Morgan fingerprint density at radius 1 is 0.679 bits per heavy atom. The molecule has 1 heterocycles. The van der Waals surface area contributed by atoms with Gasteiger partial charge in [0.1, 0.15) is 11.5 Å². The maximum Gasteiger partial charge on any atom is 0.231 e. The van der Waals surface area contributed by atoms with E-state index < -0.39 is 0 Å². The minimum atomic E-state index is 0.272. The van der Waals surface area contributed by atoms with Gasteiger partial charge in [0, 0.05) is 6.07 Å². The molecule has 0 saturated heterocycles. The van der Waals surface area contributed by atoms with E-state index in [0.29, 0.717) is 0 Å². The Kier molecular flexibility index (Phi) is 7.29. The fourth-order valence-electron chi connectivity index (χ4n) is 3.53. The van der Waals surface area contributed by atoms with Gasteiger partial charge in [0.05, 0.1) is 21.3 Å². The summed E-state index contributed by atoms with van der Waals surface area (Å²) in [5, 5.41) is 0. The number of benzene rings is 2. The lowest BCUT2D eigenvalue weighted by Gasteiger charge is -2.09. The zero-order chi connectivity index (χ0) is 19.8. The number of fused-ring (bicyclic) bond motifs is 1. The Morgan fingerprint density at radius 3 is 1.89 bits per heavy atom. The summed E-state index contributed by atoms with van der Waals surface area (Å²) in [6.07, 6.45) is 8.10. The fourth-order valence-corrected chi connectivity index (χ4v) is 3.53. The second-order valence-corrected chi connectivity index (χ2v) is 7.02. The molecule has 1 aliphatic heterocycles. The highest BCUT2D eigenvalue weighted by atomic mass is 16.7. The van der Waals surface area contributed by atoms with Crippen LogP contribution in [0.4, 0.5) is 0 Å². The zero-order valence-corrected chi connectivity index (χ0v) is 17.1. The normalized spacial score (nSPS) is 12.1. The van der Waals surface area contributed by atoms with Gasteiger partial charge in [0.25, 0.3) is 0 Å². The molecule has 0 spiro atoms. The van der Waals surface area contributed by atoms with Crippen molar-refractivity contribution >= 4 is 0 Å². The first-order chi connectivity index (χ1) is 13.7. The number of rotatable bonds is 11. The number of ether oxygens (including phenoxy) is 5. The summed E-state index contributed by atoms with van der Waals surface area (Å²) in [5.41, 5.74) is 2.51. The lowest BCUT2D eigenvalue weighted by molar-refractivity contribution is 0.171. The van der Waals surface area contributed by atoms with Crippen LogP contribution in [0.5, 0.6) is 28.7 Å². The topological polar surface area (TPSA) is 46.2 Å². The van der Waals surface area contributed by atoms with Crippen LogP contribution < -0.4 is 23.7 Å². The number of hydrogen-bond acceptors (Lipinski definition) is 5. The Labute approximate surface area is 167 Å². The van der Waals surface area contributed by atoms with Crippen molar-refractivity contribution in [2.24, 2.45) is 0 Å². The van der Waals surface area contributed by atoms with Crippen molar-refractivity contribution < 1.29 is 23.7 Å². The smallest absolute Gasteiger partial charge is 0.231 e. The van der Waals surface area contributed by atoms with Crippen LogP contribution in [-0.4, -0.2) is 28.1 Å². The van der Waals surface area contributed by atoms with Crippen LogP contribution in [0.15, 0.2) is 30.3 Å². The molecule has 28 heavy (non-hydrogen) atoms. The highest BCUT2D eigenvalue weighted by Crippen LogP contribution is 2.42. The van der Waals surface area contributed by atoms with Crippen molar-refractivity contribution in [3.05, 3.63) is 41.5 Å². The molecule has 3 rings (SSSR count). The summed E-state index contributed by atoms with van der Waals surface area (Å²) in [4.78, 5) is 0. The third-order valence-corrected chi connectivity index (χ3v) is 5.06. The molecule has 0 N–H and O–H groups in total. The third kappa shape index (κ3) is 5.24. The molecule has 0 radical (unpaired) electrons. The molecule has 5 heteroatoms. The first-order valence-electron chi connectivity index (χ1n) is 9.92. The summed E-state index contributed by atoms with van der Waals surface area (Å²) in [6.45, 7) is 0.272. The quantitative estimate of drug-likeness (QED) is 0.498.